The minimum absolute atomic E-state index is 0.623. The molecule has 0 unspecified atom stereocenters. The average Bonchev–Trinajstić information content (AvgIpc) is 2.49. The molecule has 0 rings (SSSR count). The van der Waals surface area contributed by atoms with Gasteiger partial charge in [0.2, 0.25) is 0 Å². The zero-order valence-electron chi connectivity index (χ0n) is 15.6. The molecule has 24 heavy (non-hydrogen) atoms. The molecule has 0 aliphatic heterocycles. The van der Waals surface area contributed by atoms with Gasteiger partial charge in [-0.3, -0.25) is 0 Å². The van der Waals surface area contributed by atoms with E-state index < -0.39 is 7.82 Å². The minimum Gasteiger partial charge on any atom is -0.381 e. The van der Waals surface area contributed by atoms with Crippen LogP contribution in [-0.2, 0) is 9.30 Å². The Balaban J connectivity index is 0. The van der Waals surface area contributed by atoms with Crippen LogP contribution >= 0.6 is 7.82 Å². The summed E-state index contributed by atoms with van der Waals surface area (Å²) in [6.07, 6.45) is 19.8. The number of unbranched alkanes of at least 4 members (excludes halogenated alkanes) is 13. The van der Waals surface area contributed by atoms with Crippen molar-refractivity contribution in [2.75, 3.05) is 13.2 Å². The molecule has 3 N–H and O–H groups in total. The molecule has 0 saturated heterocycles. The van der Waals surface area contributed by atoms with Crippen molar-refractivity contribution < 1.29 is 24.0 Å². The molecule has 0 saturated carbocycles. The second-order valence-corrected chi connectivity index (χ2v) is 7.25. The normalized spacial score (nSPS) is 11.2. The van der Waals surface area contributed by atoms with Crippen LogP contribution in [0.4, 0.5) is 0 Å². The number of hydrogen-bond donors (Lipinski definition) is 3. The van der Waals surface area contributed by atoms with Crippen molar-refractivity contribution in [3.63, 3.8) is 0 Å². The van der Waals surface area contributed by atoms with E-state index in [1.807, 2.05) is 0 Å². The Morgan fingerprint density at radius 1 is 0.708 bits per heavy atom. The van der Waals surface area contributed by atoms with Gasteiger partial charge in [0.05, 0.1) is 0 Å². The predicted octanol–water partition coefficient (Wildman–Crippen LogP) is 5.39. The van der Waals surface area contributed by atoms with Crippen molar-refractivity contribution in [1.29, 1.82) is 0 Å². The van der Waals surface area contributed by atoms with Crippen LogP contribution < -0.4 is 0 Å². The van der Waals surface area contributed by atoms with Crippen LogP contribution in [-0.4, -0.2) is 27.9 Å². The summed E-state index contributed by atoms with van der Waals surface area (Å²) in [4.78, 5) is 21.6. The van der Waals surface area contributed by atoms with Crippen LogP contribution in [0.5, 0.6) is 0 Å². The second-order valence-electron chi connectivity index (χ2n) is 6.22. The van der Waals surface area contributed by atoms with Gasteiger partial charge >= 0.3 is 7.82 Å². The van der Waals surface area contributed by atoms with Gasteiger partial charge in [0, 0.05) is 13.2 Å². The minimum atomic E-state index is -4.64. The Morgan fingerprint density at radius 2 is 1.00 bits per heavy atom. The highest BCUT2D eigenvalue weighted by Gasteiger charge is 2.00. The van der Waals surface area contributed by atoms with E-state index in [1.54, 1.807) is 0 Å². The second kappa shape index (κ2) is 21.1. The van der Waals surface area contributed by atoms with E-state index in [0.717, 1.165) is 6.61 Å². The van der Waals surface area contributed by atoms with Crippen molar-refractivity contribution in [2.24, 2.45) is 0 Å². The van der Waals surface area contributed by atoms with Gasteiger partial charge in [0.1, 0.15) is 0 Å². The lowest BCUT2D eigenvalue weighted by Crippen LogP contribution is -1.93. The molecule has 0 amide bonds. The first kappa shape index (κ1) is 26.3. The summed E-state index contributed by atoms with van der Waals surface area (Å²) in [7, 11) is -4.64. The maximum absolute atomic E-state index is 8.88. The number of ether oxygens (including phenoxy) is 1. The van der Waals surface area contributed by atoms with E-state index in [0.29, 0.717) is 6.61 Å². The molecule has 0 aromatic rings. The largest absolute Gasteiger partial charge is 0.466 e. The van der Waals surface area contributed by atoms with Crippen LogP contribution in [0.15, 0.2) is 0 Å². The summed E-state index contributed by atoms with van der Waals surface area (Å²) < 4.78 is 14.1. The van der Waals surface area contributed by atoms with Crippen LogP contribution in [0, 0.1) is 6.92 Å². The third-order valence-corrected chi connectivity index (χ3v) is 3.79. The Bertz CT molecular complexity index is 244. The molecule has 0 spiro atoms. The van der Waals surface area contributed by atoms with Gasteiger partial charge in [-0.25, -0.2) is 4.57 Å². The number of rotatable bonds is 16. The average molecular weight is 367 g/mol. The third kappa shape index (κ3) is 37.9. The van der Waals surface area contributed by atoms with E-state index in [1.165, 1.54) is 89.9 Å². The highest BCUT2D eigenvalue weighted by atomic mass is 31.2. The van der Waals surface area contributed by atoms with Crippen LogP contribution in [0.2, 0.25) is 0 Å². The van der Waals surface area contributed by atoms with Crippen molar-refractivity contribution in [3.8, 4) is 0 Å². The summed E-state index contributed by atoms with van der Waals surface area (Å²) in [6.45, 7) is 7.48. The lowest BCUT2D eigenvalue weighted by Gasteiger charge is -2.03. The third-order valence-electron chi connectivity index (χ3n) is 3.79. The maximum atomic E-state index is 8.88. The van der Waals surface area contributed by atoms with Crippen molar-refractivity contribution >= 4 is 7.82 Å². The molecule has 147 valence electrons. The molecule has 0 aromatic heterocycles. The topological polar surface area (TPSA) is 87.0 Å². The smallest absolute Gasteiger partial charge is 0.381 e. The van der Waals surface area contributed by atoms with Crippen LogP contribution in [0.1, 0.15) is 96.8 Å². The molecule has 0 fully saturated rings. The monoisotopic (exact) mass is 367 g/mol. The molecule has 5 nitrogen and oxygen atoms in total. The van der Waals surface area contributed by atoms with Crippen LogP contribution in [0.25, 0.3) is 0 Å². The van der Waals surface area contributed by atoms with Gasteiger partial charge < -0.3 is 19.4 Å². The molecule has 0 aromatic carbocycles. The first-order valence-electron chi connectivity index (χ1n) is 9.57. The maximum Gasteiger partial charge on any atom is 0.466 e. The zero-order chi connectivity index (χ0) is 18.5. The quantitative estimate of drug-likeness (QED) is 0.251. The van der Waals surface area contributed by atoms with Crippen LogP contribution in [0.3, 0.4) is 0 Å². The predicted molar refractivity (Wildman–Crippen MR) is 101 cm³/mol. The lowest BCUT2D eigenvalue weighted by molar-refractivity contribution is 0.156. The van der Waals surface area contributed by atoms with E-state index in [2.05, 4.69) is 13.8 Å². The molecule has 0 heterocycles. The van der Waals surface area contributed by atoms with Gasteiger partial charge in [0.15, 0.2) is 0 Å². The van der Waals surface area contributed by atoms with Gasteiger partial charge in [-0.1, -0.05) is 90.4 Å². The summed E-state index contributed by atoms with van der Waals surface area (Å²) in [5.74, 6) is 0. The molecular weight excluding hydrogens is 327 g/mol. The van der Waals surface area contributed by atoms with Gasteiger partial charge in [-0.2, -0.15) is 0 Å². The fourth-order valence-corrected chi connectivity index (χ4v) is 2.50. The standard InChI is InChI=1S/C18H37O.H3O4P/c1-3-5-6-7-8-9-10-11-12-13-14-15-16-17-18-19-4-2;1-5(2,3)4/h2-18H2,1H3;(H3,1,2,3,4). The summed E-state index contributed by atoms with van der Waals surface area (Å²) in [6, 6.07) is 0. The molecule has 0 atom stereocenters. The van der Waals surface area contributed by atoms with Gasteiger partial charge in [-0.15, -0.1) is 0 Å². The Labute approximate surface area is 149 Å². The van der Waals surface area contributed by atoms with Crippen molar-refractivity contribution in [2.45, 2.75) is 96.8 Å². The van der Waals surface area contributed by atoms with Crippen molar-refractivity contribution in [1.82, 2.24) is 0 Å². The summed E-state index contributed by atoms with van der Waals surface area (Å²) >= 11 is 0. The molecule has 0 aliphatic carbocycles. The molecule has 6 heteroatoms. The first-order valence-corrected chi connectivity index (χ1v) is 11.1. The van der Waals surface area contributed by atoms with E-state index in [4.69, 9.17) is 24.0 Å². The summed E-state index contributed by atoms with van der Waals surface area (Å²) in [5.41, 5.74) is 0. The summed E-state index contributed by atoms with van der Waals surface area (Å²) in [5, 5.41) is 0. The lowest BCUT2D eigenvalue weighted by atomic mass is 10.0. The highest BCUT2D eigenvalue weighted by Crippen LogP contribution is 2.25. The fourth-order valence-electron chi connectivity index (χ4n) is 2.50. The Hall–Kier alpha value is 0.0700. The van der Waals surface area contributed by atoms with E-state index >= 15 is 0 Å². The van der Waals surface area contributed by atoms with Gasteiger partial charge in [0.25, 0.3) is 0 Å². The molecule has 0 aliphatic rings. The van der Waals surface area contributed by atoms with Crippen molar-refractivity contribution in [3.05, 3.63) is 6.92 Å². The SMILES string of the molecule is O=P(O)(O)O.[CH2]COCCCCCCCCCCCCCCCC. The first-order chi connectivity index (χ1) is 11.4. The molecule has 1 radical (unpaired) electrons. The van der Waals surface area contributed by atoms with E-state index in [-0.39, 0.29) is 0 Å². The molecule has 0 bridgehead atoms. The Morgan fingerprint density at radius 3 is 1.29 bits per heavy atom. The van der Waals surface area contributed by atoms with E-state index in [9.17, 15) is 0 Å². The van der Waals surface area contributed by atoms with Gasteiger partial charge in [-0.05, 0) is 13.3 Å². The number of hydrogen-bond acceptors (Lipinski definition) is 2. The molecular formula is C18H40O5P. The highest BCUT2D eigenvalue weighted by molar-refractivity contribution is 7.45. The Kier molecular flexibility index (Phi) is 23.1. The zero-order valence-corrected chi connectivity index (χ0v) is 16.5. The number of phosphoric acid groups is 1. The fraction of sp³-hybridized carbons (Fsp3) is 0.944.